The maximum absolute atomic E-state index is 12.0. The van der Waals surface area contributed by atoms with Gasteiger partial charge >= 0.3 is 0 Å². The molecule has 20 heavy (non-hydrogen) atoms. The zero-order valence-electron chi connectivity index (χ0n) is 11.4. The molecule has 0 atom stereocenters. The van der Waals surface area contributed by atoms with Crippen molar-refractivity contribution in [1.82, 2.24) is 10.2 Å². The highest BCUT2D eigenvalue weighted by molar-refractivity contribution is 5.96. The first-order valence-electron chi connectivity index (χ1n) is 6.92. The van der Waals surface area contributed by atoms with Gasteiger partial charge in [-0.25, -0.2) is 0 Å². The van der Waals surface area contributed by atoms with Gasteiger partial charge in [0.25, 0.3) is 5.91 Å². The number of amides is 2. The number of hydrogen-bond acceptors (Lipinski definition) is 3. The summed E-state index contributed by atoms with van der Waals surface area (Å²) in [4.78, 5) is 25.5. The molecule has 0 radical (unpaired) electrons. The van der Waals surface area contributed by atoms with Crippen LogP contribution >= 0.6 is 0 Å². The van der Waals surface area contributed by atoms with E-state index in [-0.39, 0.29) is 25.0 Å². The zero-order valence-corrected chi connectivity index (χ0v) is 11.4. The van der Waals surface area contributed by atoms with Crippen molar-refractivity contribution in [3.63, 3.8) is 0 Å². The Bertz CT molecular complexity index is 453. The topological polar surface area (TPSA) is 69.6 Å². The molecule has 0 saturated carbocycles. The Morgan fingerprint density at radius 3 is 2.45 bits per heavy atom. The first-order chi connectivity index (χ1) is 9.70. The fraction of sp³-hybridized carbons (Fsp3) is 0.467. The standard InChI is InChI=1S/C15H20N2O3/c18-11-12-6-8-17(9-7-12)14(19)10-16-15(20)13-4-2-1-3-5-13/h1-5,12,18H,6-11H2,(H,16,20). The molecule has 1 heterocycles. The van der Waals surface area contributed by atoms with Gasteiger partial charge in [0.1, 0.15) is 0 Å². The number of rotatable bonds is 4. The number of benzene rings is 1. The molecule has 2 amide bonds. The first kappa shape index (κ1) is 14.5. The minimum atomic E-state index is -0.232. The molecule has 5 nitrogen and oxygen atoms in total. The van der Waals surface area contributed by atoms with Gasteiger partial charge in [-0.3, -0.25) is 9.59 Å². The fourth-order valence-electron chi connectivity index (χ4n) is 2.32. The van der Waals surface area contributed by atoms with E-state index < -0.39 is 0 Å². The lowest BCUT2D eigenvalue weighted by Crippen LogP contribution is -2.44. The summed E-state index contributed by atoms with van der Waals surface area (Å²) < 4.78 is 0. The predicted octanol–water partition coefficient (Wildman–Crippen LogP) is 0.647. The van der Waals surface area contributed by atoms with E-state index in [0.717, 1.165) is 12.8 Å². The van der Waals surface area contributed by atoms with Gasteiger partial charge in [-0.05, 0) is 30.9 Å². The lowest BCUT2D eigenvalue weighted by Gasteiger charge is -2.31. The highest BCUT2D eigenvalue weighted by Gasteiger charge is 2.22. The maximum atomic E-state index is 12.0. The Balaban J connectivity index is 1.77. The van der Waals surface area contributed by atoms with Crippen molar-refractivity contribution in [2.24, 2.45) is 5.92 Å². The Morgan fingerprint density at radius 2 is 1.85 bits per heavy atom. The third-order valence-electron chi connectivity index (χ3n) is 3.66. The summed E-state index contributed by atoms with van der Waals surface area (Å²) >= 11 is 0. The van der Waals surface area contributed by atoms with E-state index in [1.807, 2.05) is 6.07 Å². The first-order valence-corrected chi connectivity index (χ1v) is 6.92. The Labute approximate surface area is 118 Å². The molecule has 1 aromatic carbocycles. The number of nitrogens with zero attached hydrogens (tertiary/aromatic N) is 1. The third-order valence-corrected chi connectivity index (χ3v) is 3.66. The summed E-state index contributed by atoms with van der Waals surface area (Å²) in [5.41, 5.74) is 0.555. The molecule has 1 fully saturated rings. The second kappa shape index (κ2) is 7.05. The van der Waals surface area contributed by atoms with Gasteiger partial charge in [0, 0.05) is 25.3 Å². The van der Waals surface area contributed by atoms with Crippen molar-refractivity contribution in [2.75, 3.05) is 26.2 Å². The van der Waals surface area contributed by atoms with E-state index in [9.17, 15) is 9.59 Å². The van der Waals surface area contributed by atoms with Crippen molar-refractivity contribution >= 4 is 11.8 Å². The third kappa shape index (κ3) is 3.81. The van der Waals surface area contributed by atoms with Gasteiger partial charge in [0.2, 0.25) is 5.91 Å². The fourth-order valence-corrected chi connectivity index (χ4v) is 2.32. The van der Waals surface area contributed by atoms with Gasteiger partial charge in [-0.2, -0.15) is 0 Å². The number of aliphatic hydroxyl groups is 1. The van der Waals surface area contributed by atoms with E-state index >= 15 is 0 Å². The highest BCUT2D eigenvalue weighted by Crippen LogP contribution is 2.16. The quantitative estimate of drug-likeness (QED) is 0.848. The molecule has 0 aliphatic carbocycles. The van der Waals surface area contributed by atoms with Crippen LogP contribution in [0.25, 0.3) is 0 Å². The molecule has 5 heteroatoms. The van der Waals surface area contributed by atoms with Crippen molar-refractivity contribution in [3.8, 4) is 0 Å². The zero-order chi connectivity index (χ0) is 14.4. The van der Waals surface area contributed by atoms with Crippen molar-refractivity contribution in [1.29, 1.82) is 0 Å². The highest BCUT2D eigenvalue weighted by atomic mass is 16.3. The smallest absolute Gasteiger partial charge is 0.251 e. The summed E-state index contributed by atoms with van der Waals surface area (Å²) in [6, 6.07) is 8.85. The molecule has 1 aliphatic heterocycles. The van der Waals surface area contributed by atoms with Crippen LogP contribution in [-0.4, -0.2) is 48.1 Å². The van der Waals surface area contributed by atoms with Crippen LogP contribution in [0.1, 0.15) is 23.2 Å². The van der Waals surface area contributed by atoms with Crippen LogP contribution in [0.5, 0.6) is 0 Å². The Hall–Kier alpha value is -1.88. The molecule has 1 aromatic rings. The predicted molar refractivity (Wildman–Crippen MR) is 75.2 cm³/mol. The average Bonchev–Trinajstić information content (AvgIpc) is 2.53. The molecule has 0 spiro atoms. The number of hydrogen-bond donors (Lipinski definition) is 2. The monoisotopic (exact) mass is 276 g/mol. The van der Waals surface area contributed by atoms with E-state index in [0.29, 0.717) is 24.6 Å². The molecule has 2 rings (SSSR count). The molecule has 0 aromatic heterocycles. The summed E-state index contributed by atoms with van der Waals surface area (Å²) in [7, 11) is 0. The maximum Gasteiger partial charge on any atom is 0.251 e. The second-order valence-electron chi connectivity index (χ2n) is 5.06. The van der Waals surface area contributed by atoms with Gasteiger partial charge in [0.05, 0.1) is 6.54 Å². The average molecular weight is 276 g/mol. The minimum absolute atomic E-state index is 0.0253. The normalized spacial score (nSPS) is 15.9. The molecule has 0 bridgehead atoms. The SMILES string of the molecule is O=C(NCC(=O)N1CCC(CO)CC1)c1ccccc1. The van der Waals surface area contributed by atoms with Crippen LogP contribution in [-0.2, 0) is 4.79 Å². The van der Waals surface area contributed by atoms with Crippen molar-refractivity contribution < 1.29 is 14.7 Å². The van der Waals surface area contributed by atoms with Gasteiger partial charge in [0.15, 0.2) is 0 Å². The number of carbonyl (C=O) groups is 2. The van der Waals surface area contributed by atoms with E-state index in [1.54, 1.807) is 29.2 Å². The number of piperidine rings is 1. The Morgan fingerprint density at radius 1 is 1.20 bits per heavy atom. The Kier molecular flexibility index (Phi) is 5.12. The molecular formula is C15H20N2O3. The second-order valence-corrected chi connectivity index (χ2v) is 5.06. The van der Waals surface area contributed by atoms with Crippen molar-refractivity contribution in [3.05, 3.63) is 35.9 Å². The van der Waals surface area contributed by atoms with Crippen LogP contribution in [0.2, 0.25) is 0 Å². The van der Waals surface area contributed by atoms with Gasteiger partial charge in [-0.1, -0.05) is 18.2 Å². The lowest BCUT2D eigenvalue weighted by molar-refractivity contribution is -0.131. The molecule has 0 unspecified atom stereocenters. The van der Waals surface area contributed by atoms with Gasteiger partial charge in [-0.15, -0.1) is 0 Å². The lowest BCUT2D eigenvalue weighted by atomic mass is 9.98. The van der Waals surface area contributed by atoms with E-state index in [1.165, 1.54) is 0 Å². The summed E-state index contributed by atoms with van der Waals surface area (Å²) in [5, 5.41) is 11.7. The summed E-state index contributed by atoms with van der Waals surface area (Å²) in [6.45, 7) is 1.53. The van der Waals surface area contributed by atoms with Crippen LogP contribution < -0.4 is 5.32 Å². The van der Waals surface area contributed by atoms with Crippen LogP contribution in [0.3, 0.4) is 0 Å². The van der Waals surface area contributed by atoms with E-state index in [4.69, 9.17) is 5.11 Å². The number of carbonyl (C=O) groups excluding carboxylic acids is 2. The van der Waals surface area contributed by atoms with Crippen LogP contribution in [0.15, 0.2) is 30.3 Å². The minimum Gasteiger partial charge on any atom is -0.396 e. The molecular weight excluding hydrogens is 256 g/mol. The van der Waals surface area contributed by atoms with Crippen LogP contribution in [0.4, 0.5) is 0 Å². The number of likely N-dealkylation sites (tertiary alicyclic amines) is 1. The molecule has 1 saturated heterocycles. The molecule has 2 N–H and O–H groups in total. The number of nitrogens with one attached hydrogen (secondary N) is 1. The largest absolute Gasteiger partial charge is 0.396 e. The molecule has 1 aliphatic rings. The molecule has 108 valence electrons. The summed E-state index contributed by atoms with van der Waals surface area (Å²) in [5.74, 6) is 0.00725. The van der Waals surface area contributed by atoms with E-state index in [2.05, 4.69) is 5.32 Å². The van der Waals surface area contributed by atoms with Crippen molar-refractivity contribution in [2.45, 2.75) is 12.8 Å². The number of aliphatic hydroxyl groups excluding tert-OH is 1. The van der Waals surface area contributed by atoms with Crippen LogP contribution in [0, 0.1) is 5.92 Å². The summed E-state index contributed by atoms with van der Waals surface area (Å²) in [6.07, 6.45) is 1.66. The van der Waals surface area contributed by atoms with Gasteiger partial charge < -0.3 is 15.3 Å².